The third-order valence-electron chi connectivity index (χ3n) is 6.48. The van der Waals surface area contributed by atoms with Crippen LogP contribution in [-0.4, -0.2) is 58.7 Å². The fraction of sp³-hybridized carbons (Fsp3) is 0.700. The second-order valence-electron chi connectivity index (χ2n) is 10.1. The standard InChI is InChI=1S/C20H32N4O5Si/c1-18(2,3)30(6,7)26-10-13-15-16(29-19(4,5)28-15)20(25,27-13)14-9-8-12-17(21)22-11-23-24(12)14/h8-9,11,13,15-16,25H,10H2,1-7H3,(H2,21,22,23)/t13-,15-,16-,20?/m1/s1. The zero-order chi connectivity index (χ0) is 22.1. The molecule has 166 valence electrons. The summed E-state index contributed by atoms with van der Waals surface area (Å²) in [5.41, 5.74) is 6.96. The summed E-state index contributed by atoms with van der Waals surface area (Å²) in [4.78, 5) is 4.01. The molecule has 3 N–H and O–H groups in total. The molecule has 0 amide bonds. The molecule has 9 nitrogen and oxygen atoms in total. The molecule has 0 aliphatic carbocycles. The van der Waals surface area contributed by atoms with Gasteiger partial charge in [-0.15, -0.1) is 0 Å². The van der Waals surface area contributed by atoms with E-state index in [2.05, 4.69) is 43.9 Å². The molecule has 0 saturated carbocycles. The molecule has 2 aliphatic rings. The van der Waals surface area contributed by atoms with E-state index in [4.69, 9.17) is 24.4 Å². The van der Waals surface area contributed by atoms with Crippen LogP contribution in [0, 0.1) is 0 Å². The molecular formula is C20H32N4O5Si. The molecule has 10 heteroatoms. The molecule has 0 spiro atoms. The number of nitrogen functional groups attached to an aromatic ring is 1. The Morgan fingerprint density at radius 3 is 2.60 bits per heavy atom. The van der Waals surface area contributed by atoms with Crippen molar-refractivity contribution in [2.45, 2.75) is 82.6 Å². The lowest BCUT2D eigenvalue weighted by molar-refractivity contribution is -0.285. The first-order valence-electron chi connectivity index (χ1n) is 10.2. The molecule has 0 bridgehead atoms. The van der Waals surface area contributed by atoms with E-state index in [0.29, 0.717) is 23.6 Å². The molecule has 2 aromatic rings. The van der Waals surface area contributed by atoms with Gasteiger partial charge in [0.25, 0.3) is 0 Å². The first kappa shape index (κ1) is 21.7. The monoisotopic (exact) mass is 436 g/mol. The fourth-order valence-corrected chi connectivity index (χ4v) is 4.81. The normalized spacial score (nSPS) is 31.4. The van der Waals surface area contributed by atoms with Crippen LogP contribution in [0.3, 0.4) is 0 Å². The summed E-state index contributed by atoms with van der Waals surface area (Å²) >= 11 is 0. The van der Waals surface area contributed by atoms with Crippen molar-refractivity contribution in [1.29, 1.82) is 0 Å². The zero-order valence-electron chi connectivity index (χ0n) is 18.7. The maximum absolute atomic E-state index is 11.7. The molecule has 4 heterocycles. The largest absolute Gasteiger partial charge is 0.414 e. The summed E-state index contributed by atoms with van der Waals surface area (Å²) < 4.78 is 26.3. The van der Waals surface area contributed by atoms with Crippen molar-refractivity contribution in [3.63, 3.8) is 0 Å². The molecule has 0 aromatic carbocycles. The van der Waals surface area contributed by atoms with Gasteiger partial charge in [-0.05, 0) is 44.1 Å². The molecule has 2 aromatic heterocycles. The number of nitrogens with two attached hydrogens (primary N) is 1. The highest BCUT2D eigenvalue weighted by atomic mass is 28.4. The molecule has 4 rings (SSSR count). The lowest BCUT2D eigenvalue weighted by Gasteiger charge is -2.37. The fourth-order valence-electron chi connectivity index (χ4n) is 3.79. The summed E-state index contributed by atoms with van der Waals surface area (Å²) in [6.07, 6.45) is -0.384. The van der Waals surface area contributed by atoms with Crippen LogP contribution < -0.4 is 5.73 Å². The Hall–Kier alpha value is -1.56. The van der Waals surface area contributed by atoms with Crippen LogP contribution in [0.2, 0.25) is 18.1 Å². The minimum atomic E-state index is -2.02. The third kappa shape index (κ3) is 3.35. The highest BCUT2D eigenvalue weighted by Gasteiger charge is 2.64. The first-order chi connectivity index (χ1) is 13.8. The molecule has 4 atom stereocenters. The average Bonchev–Trinajstić information content (AvgIpc) is 3.25. The van der Waals surface area contributed by atoms with E-state index in [1.165, 1.54) is 10.8 Å². The second kappa shape index (κ2) is 6.72. The number of aliphatic hydroxyl groups is 1. The van der Waals surface area contributed by atoms with Crippen molar-refractivity contribution < 1.29 is 23.7 Å². The van der Waals surface area contributed by atoms with Crippen molar-refractivity contribution in [1.82, 2.24) is 14.6 Å². The zero-order valence-corrected chi connectivity index (χ0v) is 19.7. The van der Waals surface area contributed by atoms with Gasteiger partial charge in [0.05, 0.1) is 6.61 Å². The van der Waals surface area contributed by atoms with Crippen LogP contribution in [0.25, 0.3) is 5.52 Å². The molecule has 2 aliphatic heterocycles. The third-order valence-corrected chi connectivity index (χ3v) is 11.0. The van der Waals surface area contributed by atoms with Gasteiger partial charge in [-0.3, -0.25) is 0 Å². The van der Waals surface area contributed by atoms with Crippen LogP contribution in [-0.2, 0) is 24.4 Å². The van der Waals surface area contributed by atoms with Crippen LogP contribution >= 0.6 is 0 Å². The van der Waals surface area contributed by atoms with Gasteiger partial charge in [0.15, 0.2) is 19.9 Å². The van der Waals surface area contributed by atoms with E-state index in [-0.39, 0.29) is 5.04 Å². The molecule has 1 unspecified atom stereocenters. The minimum Gasteiger partial charge on any atom is -0.414 e. The van der Waals surface area contributed by atoms with Crippen LogP contribution in [0.4, 0.5) is 5.82 Å². The summed E-state index contributed by atoms with van der Waals surface area (Å²) in [6, 6.07) is 3.48. The van der Waals surface area contributed by atoms with Gasteiger partial charge < -0.3 is 29.5 Å². The summed E-state index contributed by atoms with van der Waals surface area (Å²) in [5.74, 6) is -2.31. The predicted molar refractivity (Wildman–Crippen MR) is 113 cm³/mol. The molecule has 2 fully saturated rings. The van der Waals surface area contributed by atoms with E-state index in [9.17, 15) is 5.11 Å². The van der Waals surface area contributed by atoms with Gasteiger partial charge in [-0.25, -0.2) is 9.50 Å². The number of hydrogen-bond acceptors (Lipinski definition) is 8. The molecule has 30 heavy (non-hydrogen) atoms. The number of nitrogens with zero attached hydrogens (tertiary/aromatic N) is 3. The highest BCUT2D eigenvalue weighted by molar-refractivity contribution is 6.74. The average molecular weight is 437 g/mol. The summed E-state index contributed by atoms with van der Waals surface area (Å²) in [7, 11) is -2.02. The van der Waals surface area contributed by atoms with Gasteiger partial charge >= 0.3 is 0 Å². The SMILES string of the molecule is CC1(C)O[C@H]2[C@@H](O1)C(O)(c1ccc3c(N)ncnn13)O[C@@H]2CO[Si](C)(C)C(C)(C)C. The molecular weight excluding hydrogens is 404 g/mol. The van der Waals surface area contributed by atoms with Crippen LogP contribution in [0.15, 0.2) is 18.5 Å². The van der Waals surface area contributed by atoms with Crippen molar-refractivity contribution in [3.8, 4) is 0 Å². The Morgan fingerprint density at radius 1 is 1.23 bits per heavy atom. The summed E-state index contributed by atoms with van der Waals surface area (Å²) in [6.45, 7) is 14.9. The van der Waals surface area contributed by atoms with Crippen molar-refractivity contribution in [2.75, 3.05) is 12.3 Å². The van der Waals surface area contributed by atoms with Crippen molar-refractivity contribution in [2.24, 2.45) is 0 Å². The van der Waals surface area contributed by atoms with Crippen molar-refractivity contribution in [3.05, 3.63) is 24.2 Å². The maximum Gasteiger partial charge on any atom is 0.240 e. The van der Waals surface area contributed by atoms with Gasteiger partial charge in [0.1, 0.15) is 35.8 Å². The van der Waals surface area contributed by atoms with Crippen molar-refractivity contribution >= 4 is 19.7 Å². The number of aromatic nitrogens is 3. The number of hydrogen-bond donors (Lipinski definition) is 2. The Morgan fingerprint density at radius 2 is 1.93 bits per heavy atom. The highest BCUT2D eigenvalue weighted by Crippen LogP contribution is 2.48. The van der Waals surface area contributed by atoms with E-state index in [1.54, 1.807) is 12.1 Å². The van der Waals surface area contributed by atoms with E-state index < -0.39 is 38.2 Å². The van der Waals surface area contributed by atoms with Crippen LogP contribution in [0.1, 0.15) is 40.3 Å². The number of anilines is 1. The topological polar surface area (TPSA) is 113 Å². The minimum absolute atomic E-state index is 0.0553. The molecule has 0 radical (unpaired) electrons. The maximum atomic E-state index is 11.7. The number of rotatable bonds is 4. The van der Waals surface area contributed by atoms with Gasteiger partial charge in [0.2, 0.25) is 5.79 Å². The number of fused-ring (bicyclic) bond motifs is 2. The number of ether oxygens (including phenoxy) is 3. The van der Waals surface area contributed by atoms with E-state index in [0.717, 1.165) is 0 Å². The van der Waals surface area contributed by atoms with Crippen LogP contribution in [0.5, 0.6) is 0 Å². The second-order valence-corrected chi connectivity index (χ2v) is 14.9. The Balaban J connectivity index is 1.68. The lowest BCUT2D eigenvalue weighted by atomic mass is 10.0. The molecule has 2 saturated heterocycles. The first-order valence-corrected chi connectivity index (χ1v) is 13.1. The van der Waals surface area contributed by atoms with E-state index in [1.807, 2.05) is 13.8 Å². The lowest BCUT2D eigenvalue weighted by Crippen LogP contribution is -2.44. The Labute approximate surface area is 177 Å². The predicted octanol–water partition coefficient (Wildman–Crippen LogP) is 2.40. The smallest absolute Gasteiger partial charge is 0.240 e. The Bertz CT molecular complexity index is 956. The van der Waals surface area contributed by atoms with Gasteiger partial charge in [-0.2, -0.15) is 5.10 Å². The Kier molecular flexibility index (Phi) is 4.85. The quantitative estimate of drug-likeness (QED) is 0.703. The summed E-state index contributed by atoms with van der Waals surface area (Å²) in [5, 5.41) is 16.0. The van der Waals surface area contributed by atoms with E-state index >= 15 is 0 Å². The van der Waals surface area contributed by atoms with Gasteiger partial charge in [0, 0.05) is 0 Å². The van der Waals surface area contributed by atoms with Gasteiger partial charge in [-0.1, -0.05) is 20.8 Å².